The summed E-state index contributed by atoms with van der Waals surface area (Å²) in [6.45, 7) is 2.75. The molecule has 0 spiro atoms. The third-order valence-electron chi connectivity index (χ3n) is 2.17. The van der Waals surface area contributed by atoms with Gasteiger partial charge in [0.15, 0.2) is 0 Å². The van der Waals surface area contributed by atoms with E-state index >= 15 is 0 Å². The molecule has 0 fully saturated rings. The first-order valence-electron chi connectivity index (χ1n) is 5.05. The van der Waals surface area contributed by atoms with Crippen LogP contribution in [0.3, 0.4) is 0 Å². The number of halogens is 2. The van der Waals surface area contributed by atoms with Gasteiger partial charge in [-0.3, -0.25) is 4.79 Å². The topological polar surface area (TPSA) is 46.3 Å². The molecule has 16 heavy (non-hydrogen) atoms. The fourth-order valence-electron chi connectivity index (χ4n) is 1.43. The highest BCUT2D eigenvalue weighted by atomic mass is 35.5. The van der Waals surface area contributed by atoms with E-state index in [-0.39, 0.29) is 5.91 Å². The Morgan fingerprint density at radius 2 is 2.12 bits per heavy atom. The van der Waals surface area contributed by atoms with Gasteiger partial charge in [-0.2, -0.15) is 0 Å². The molecule has 0 unspecified atom stereocenters. The summed E-state index contributed by atoms with van der Waals surface area (Å²) in [5.41, 5.74) is 6.00. The van der Waals surface area contributed by atoms with Crippen LogP contribution in [0.5, 0.6) is 0 Å². The molecule has 0 saturated heterocycles. The summed E-state index contributed by atoms with van der Waals surface area (Å²) >= 11 is 11.9. The predicted molar refractivity (Wildman–Crippen MR) is 68.2 cm³/mol. The zero-order valence-corrected chi connectivity index (χ0v) is 10.6. The Balaban J connectivity index is 3.03. The molecule has 1 rings (SSSR count). The molecular formula is C11H14Cl2N2O. The first-order chi connectivity index (χ1) is 7.60. The molecule has 1 aromatic carbocycles. The minimum absolute atomic E-state index is 0.0471. The first-order valence-corrected chi connectivity index (χ1v) is 5.81. The molecule has 0 heterocycles. The van der Waals surface area contributed by atoms with E-state index in [0.717, 1.165) is 0 Å². The Bertz CT molecular complexity index is 382. The van der Waals surface area contributed by atoms with Gasteiger partial charge in [0.05, 0.1) is 10.7 Å². The molecule has 3 nitrogen and oxygen atoms in total. The fourth-order valence-corrected chi connectivity index (χ4v) is 1.82. The largest absolute Gasteiger partial charge is 0.330 e. The summed E-state index contributed by atoms with van der Waals surface area (Å²) in [4.78, 5) is 13.4. The van der Waals surface area contributed by atoms with Crippen LogP contribution in [-0.4, -0.2) is 19.0 Å². The second-order valence-corrected chi connectivity index (χ2v) is 4.12. The van der Waals surface area contributed by atoms with Gasteiger partial charge in [-0.15, -0.1) is 0 Å². The second-order valence-electron chi connectivity index (χ2n) is 3.27. The van der Waals surface area contributed by atoms with Crippen molar-refractivity contribution in [1.29, 1.82) is 0 Å². The zero-order valence-electron chi connectivity index (χ0n) is 9.04. The Morgan fingerprint density at radius 1 is 1.44 bits per heavy atom. The Hall–Kier alpha value is -0.770. The number of anilines is 1. The van der Waals surface area contributed by atoms with E-state index in [1.165, 1.54) is 0 Å². The quantitative estimate of drug-likeness (QED) is 0.905. The molecule has 1 amide bonds. The van der Waals surface area contributed by atoms with Crippen molar-refractivity contribution >= 4 is 34.8 Å². The number of hydrogen-bond donors (Lipinski definition) is 1. The van der Waals surface area contributed by atoms with E-state index in [1.807, 2.05) is 6.92 Å². The Morgan fingerprint density at radius 3 is 2.69 bits per heavy atom. The maximum Gasteiger partial charge on any atom is 0.228 e. The zero-order chi connectivity index (χ0) is 12.1. The highest BCUT2D eigenvalue weighted by molar-refractivity contribution is 6.35. The molecular weight excluding hydrogens is 247 g/mol. The standard InChI is InChI=1S/C11H14Cl2N2O/c1-2-15(11(16)5-6-14)10-7-8(12)3-4-9(10)13/h3-4,7H,2,5-6,14H2,1H3. The molecule has 2 N–H and O–H groups in total. The number of benzene rings is 1. The molecule has 0 aliphatic rings. The maximum absolute atomic E-state index is 11.8. The van der Waals surface area contributed by atoms with Crippen LogP contribution in [0.4, 0.5) is 5.69 Å². The van der Waals surface area contributed by atoms with E-state index in [2.05, 4.69) is 0 Å². The molecule has 0 atom stereocenters. The van der Waals surface area contributed by atoms with E-state index in [9.17, 15) is 4.79 Å². The summed E-state index contributed by atoms with van der Waals surface area (Å²) in [7, 11) is 0. The molecule has 1 aromatic rings. The maximum atomic E-state index is 11.8. The number of nitrogens with two attached hydrogens (primary N) is 1. The minimum Gasteiger partial charge on any atom is -0.330 e. The number of carbonyl (C=O) groups excluding carboxylic acids is 1. The lowest BCUT2D eigenvalue weighted by Gasteiger charge is -2.22. The van der Waals surface area contributed by atoms with Crippen LogP contribution in [0.15, 0.2) is 18.2 Å². The molecule has 0 bridgehead atoms. The van der Waals surface area contributed by atoms with Gasteiger partial charge in [0.2, 0.25) is 5.91 Å². The summed E-state index contributed by atoms with van der Waals surface area (Å²) in [6.07, 6.45) is 0.302. The Labute approximate surface area is 105 Å². The number of hydrogen-bond acceptors (Lipinski definition) is 2. The first kappa shape index (κ1) is 13.3. The number of carbonyl (C=O) groups is 1. The van der Waals surface area contributed by atoms with E-state index < -0.39 is 0 Å². The third kappa shape index (κ3) is 3.11. The number of rotatable bonds is 4. The predicted octanol–water partition coefficient (Wildman–Crippen LogP) is 2.70. The minimum atomic E-state index is -0.0471. The smallest absolute Gasteiger partial charge is 0.228 e. The van der Waals surface area contributed by atoms with Gasteiger partial charge < -0.3 is 10.6 Å². The van der Waals surface area contributed by atoms with Crippen LogP contribution in [0, 0.1) is 0 Å². The van der Waals surface area contributed by atoms with Crippen LogP contribution < -0.4 is 10.6 Å². The van der Waals surface area contributed by atoms with Gasteiger partial charge in [0.25, 0.3) is 0 Å². The molecule has 0 aromatic heterocycles. The van der Waals surface area contributed by atoms with Gasteiger partial charge in [-0.1, -0.05) is 23.2 Å². The normalized spacial score (nSPS) is 10.2. The number of nitrogens with zero attached hydrogens (tertiary/aromatic N) is 1. The van der Waals surface area contributed by atoms with Crippen LogP contribution in [0.1, 0.15) is 13.3 Å². The Kier molecular flexibility index (Phi) is 5.06. The van der Waals surface area contributed by atoms with Crippen LogP contribution >= 0.6 is 23.2 Å². The summed E-state index contributed by atoms with van der Waals surface area (Å²) in [5, 5.41) is 1.06. The van der Waals surface area contributed by atoms with E-state index in [4.69, 9.17) is 28.9 Å². The monoisotopic (exact) mass is 260 g/mol. The lowest BCUT2D eigenvalue weighted by Crippen LogP contribution is -2.32. The molecule has 0 aliphatic carbocycles. The summed E-state index contributed by atoms with van der Waals surface area (Å²) in [5.74, 6) is -0.0471. The van der Waals surface area contributed by atoms with Crippen LogP contribution in [0.2, 0.25) is 10.0 Å². The molecule has 88 valence electrons. The fraction of sp³-hybridized carbons (Fsp3) is 0.364. The van der Waals surface area contributed by atoms with Gasteiger partial charge in [0, 0.05) is 24.5 Å². The van der Waals surface area contributed by atoms with Gasteiger partial charge >= 0.3 is 0 Å². The average Bonchev–Trinajstić information content (AvgIpc) is 2.24. The van der Waals surface area contributed by atoms with Crippen molar-refractivity contribution in [3.63, 3.8) is 0 Å². The second kappa shape index (κ2) is 6.09. The van der Waals surface area contributed by atoms with E-state index in [1.54, 1.807) is 23.1 Å². The summed E-state index contributed by atoms with van der Waals surface area (Å²) < 4.78 is 0. The van der Waals surface area contributed by atoms with Crippen molar-refractivity contribution in [1.82, 2.24) is 0 Å². The average molecular weight is 261 g/mol. The lowest BCUT2D eigenvalue weighted by molar-refractivity contribution is -0.118. The van der Waals surface area contributed by atoms with Crippen molar-refractivity contribution in [3.8, 4) is 0 Å². The molecule has 0 radical (unpaired) electrons. The summed E-state index contributed by atoms with van der Waals surface area (Å²) in [6, 6.07) is 5.05. The van der Waals surface area contributed by atoms with Crippen molar-refractivity contribution in [2.45, 2.75) is 13.3 Å². The number of amides is 1. The van der Waals surface area contributed by atoms with Crippen LogP contribution in [-0.2, 0) is 4.79 Å². The SMILES string of the molecule is CCN(C(=O)CCN)c1cc(Cl)ccc1Cl. The van der Waals surface area contributed by atoms with Crippen LogP contribution in [0.25, 0.3) is 0 Å². The highest BCUT2D eigenvalue weighted by Gasteiger charge is 2.15. The van der Waals surface area contributed by atoms with Crippen molar-refractivity contribution in [3.05, 3.63) is 28.2 Å². The lowest BCUT2D eigenvalue weighted by atomic mass is 10.2. The molecule has 0 saturated carbocycles. The molecule has 5 heteroatoms. The van der Waals surface area contributed by atoms with Gasteiger partial charge in [0.1, 0.15) is 0 Å². The van der Waals surface area contributed by atoms with E-state index in [0.29, 0.717) is 35.2 Å². The van der Waals surface area contributed by atoms with Crippen molar-refractivity contribution in [2.24, 2.45) is 5.73 Å². The van der Waals surface area contributed by atoms with Crippen molar-refractivity contribution in [2.75, 3.05) is 18.0 Å². The van der Waals surface area contributed by atoms with Gasteiger partial charge in [-0.25, -0.2) is 0 Å². The molecule has 0 aliphatic heterocycles. The third-order valence-corrected chi connectivity index (χ3v) is 2.73. The van der Waals surface area contributed by atoms with Gasteiger partial charge in [-0.05, 0) is 25.1 Å². The van der Waals surface area contributed by atoms with Crippen molar-refractivity contribution < 1.29 is 4.79 Å². The highest BCUT2D eigenvalue weighted by Crippen LogP contribution is 2.29.